The first-order chi connectivity index (χ1) is 31.5. The smallest absolute Gasteiger partial charge is 0.306 e. The molecule has 64 heavy (non-hydrogen) atoms. The molecule has 0 saturated carbocycles. The quantitative estimate of drug-likeness (QED) is 0.0262. The van der Waals surface area contributed by atoms with E-state index >= 15 is 0 Å². The van der Waals surface area contributed by atoms with E-state index in [1.165, 1.54) is 154 Å². The number of esters is 3. The van der Waals surface area contributed by atoms with Gasteiger partial charge >= 0.3 is 17.9 Å². The summed E-state index contributed by atoms with van der Waals surface area (Å²) < 4.78 is 16.8. The van der Waals surface area contributed by atoms with Crippen LogP contribution in [-0.2, 0) is 28.6 Å². The van der Waals surface area contributed by atoms with Crippen LogP contribution in [0.5, 0.6) is 0 Å². The lowest BCUT2D eigenvalue weighted by Crippen LogP contribution is -2.30. The molecule has 0 amide bonds. The third-order valence-corrected chi connectivity index (χ3v) is 11.7. The van der Waals surface area contributed by atoms with Crippen molar-refractivity contribution in [2.24, 2.45) is 0 Å². The van der Waals surface area contributed by atoms with Crippen molar-refractivity contribution in [2.75, 3.05) is 13.2 Å². The van der Waals surface area contributed by atoms with Crippen LogP contribution in [-0.4, -0.2) is 37.2 Å². The van der Waals surface area contributed by atoms with Crippen LogP contribution < -0.4 is 0 Å². The van der Waals surface area contributed by atoms with Crippen molar-refractivity contribution in [1.29, 1.82) is 0 Å². The first-order valence-electron chi connectivity index (χ1n) is 27.3. The van der Waals surface area contributed by atoms with Gasteiger partial charge in [-0.3, -0.25) is 14.4 Å². The Morgan fingerprint density at radius 2 is 0.641 bits per heavy atom. The second-order valence-corrected chi connectivity index (χ2v) is 18.1. The van der Waals surface area contributed by atoms with Crippen LogP contribution >= 0.6 is 0 Å². The van der Waals surface area contributed by atoms with E-state index in [0.717, 1.165) is 70.6 Å². The normalized spacial score (nSPS) is 12.5. The number of allylic oxidation sites excluding steroid dienone is 10. The summed E-state index contributed by atoms with van der Waals surface area (Å²) in [5.74, 6) is -0.973. The van der Waals surface area contributed by atoms with E-state index in [2.05, 4.69) is 75.5 Å². The lowest BCUT2D eigenvalue weighted by atomic mass is 10.1. The summed E-state index contributed by atoms with van der Waals surface area (Å²) in [6, 6.07) is 0. The highest BCUT2D eigenvalue weighted by atomic mass is 16.6. The van der Waals surface area contributed by atoms with Gasteiger partial charge in [-0.1, -0.05) is 223 Å². The molecule has 0 aromatic heterocycles. The highest BCUT2D eigenvalue weighted by Crippen LogP contribution is 2.15. The number of carbonyl (C=O) groups excluding carboxylic acids is 3. The number of hydrogen-bond acceptors (Lipinski definition) is 6. The molecule has 0 fully saturated rings. The van der Waals surface area contributed by atoms with Gasteiger partial charge in [0.25, 0.3) is 0 Å². The first kappa shape index (κ1) is 61.1. The predicted molar refractivity (Wildman–Crippen MR) is 275 cm³/mol. The number of ether oxygens (including phenoxy) is 3. The SMILES string of the molecule is CC/C=C\C/C=C\CCCCCCCCCC(=O)OC(COC(=O)CC/C=C\C/C=C\CCCCCCCC)COC(=O)CCCCCCCCC/C=C\CCCCCCCCCC. The Morgan fingerprint density at radius 1 is 0.328 bits per heavy atom. The summed E-state index contributed by atoms with van der Waals surface area (Å²) in [7, 11) is 0. The van der Waals surface area contributed by atoms with E-state index < -0.39 is 6.10 Å². The molecular formula is C58H102O6. The Balaban J connectivity index is 4.40. The maximum absolute atomic E-state index is 12.8. The number of hydrogen-bond donors (Lipinski definition) is 0. The van der Waals surface area contributed by atoms with Crippen LogP contribution in [0.15, 0.2) is 60.8 Å². The molecule has 0 aromatic carbocycles. The summed E-state index contributed by atoms with van der Waals surface area (Å²) in [5, 5.41) is 0. The average molecular weight is 895 g/mol. The molecule has 0 heterocycles. The molecule has 1 unspecified atom stereocenters. The lowest BCUT2D eigenvalue weighted by Gasteiger charge is -2.18. The summed E-state index contributed by atoms with van der Waals surface area (Å²) >= 11 is 0. The zero-order valence-electron chi connectivity index (χ0n) is 42.3. The van der Waals surface area contributed by atoms with E-state index in [-0.39, 0.29) is 37.5 Å². The number of unbranched alkanes of at least 4 members (excludes halogenated alkanes) is 28. The molecule has 1 atom stereocenters. The van der Waals surface area contributed by atoms with Gasteiger partial charge in [-0.05, 0) is 89.9 Å². The molecule has 0 spiro atoms. The molecule has 0 aliphatic carbocycles. The molecule has 6 nitrogen and oxygen atoms in total. The van der Waals surface area contributed by atoms with Crippen LogP contribution in [0.3, 0.4) is 0 Å². The van der Waals surface area contributed by atoms with Crippen molar-refractivity contribution in [1.82, 2.24) is 0 Å². The van der Waals surface area contributed by atoms with Gasteiger partial charge in [0, 0.05) is 19.3 Å². The summed E-state index contributed by atoms with van der Waals surface area (Å²) in [6.45, 7) is 6.48. The highest BCUT2D eigenvalue weighted by Gasteiger charge is 2.19. The van der Waals surface area contributed by atoms with Crippen molar-refractivity contribution in [3.63, 3.8) is 0 Å². The predicted octanol–water partition coefficient (Wildman–Crippen LogP) is 18.0. The molecule has 0 N–H and O–H groups in total. The second kappa shape index (κ2) is 52.7. The first-order valence-corrected chi connectivity index (χ1v) is 27.3. The van der Waals surface area contributed by atoms with Crippen LogP contribution in [0.2, 0.25) is 0 Å². The van der Waals surface area contributed by atoms with Gasteiger partial charge in [0.15, 0.2) is 6.10 Å². The standard InChI is InChI=1S/C58H102O6/c1-4-7-10-13-16-19-22-25-27-28-29-30-31-34-36-39-42-45-48-51-57(60)63-54-55(53-62-56(59)50-47-44-41-38-35-32-24-21-18-15-12-9-6-3)64-58(61)52-49-46-43-40-37-33-26-23-20-17-14-11-8-5-2/h8,11,17,20,28-29,32,35,41,44,55H,4-7,9-10,12-16,18-19,21-27,30-31,33-34,36-40,42-43,45-54H2,1-3H3/b11-8-,20-17-,29-28-,35-32-,44-41-. The third-order valence-electron chi connectivity index (χ3n) is 11.7. The van der Waals surface area contributed by atoms with E-state index in [9.17, 15) is 14.4 Å². The van der Waals surface area contributed by atoms with Gasteiger partial charge in [0.2, 0.25) is 0 Å². The van der Waals surface area contributed by atoms with Crippen molar-refractivity contribution in [3.8, 4) is 0 Å². The minimum Gasteiger partial charge on any atom is -0.462 e. The second-order valence-electron chi connectivity index (χ2n) is 18.1. The number of rotatable bonds is 49. The Kier molecular flexibility index (Phi) is 50.4. The monoisotopic (exact) mass is 895 g/mol. The van der Waals surface area contributed by atoms with E-state index in [0.29, 0.717) is 19.3 Å². The average Bonchev–Trinajstić information content (AvgIpc) is 3.29. The molecule has 0 aliphatic rings. The summed E-state index contributed by atoms with van der Waals surface area (Å²) in [5.41, 5.74) is 0. The van der Waals surface area contributed by atoms with Crippen molar-refractivity contribution in [3.05, 3.63) is 60.8 Å². The van der Waals surface area contributed by atoms with Crippen LogP contribution in [0.4, 0.5) is 0 Å². The molecule has 0 saturated heterocycles. The van der Waals surface area contributed by atoms with Gasteiger partial charge in [-0.15, -0.1) is 0 Å². The van der Waals surface area contributed by atoms with Crippen molar-refractivity contribution in [2.45, 2.75) is 277 Å². The topological polar surface area (TPSA) is 78.9 Å². The molecule has 0 aliphatic heterocycles. The summed E-state index contributed by atoms with van der Waals surface area (Å²) in [6.07, 6.45) is 65.1. The van der Waals surface area contributed by atoms with Crippen LogP contribution in [0.25, 0.3) is 0 Å². The Hall–Kier alpha value is -2.89. The minimum absolute atomic E-state index is 0.0962. The highest BCUT2D eigenvalue weighted by molar-refractivity contribution is 5.71. The van der Waals surface area contributed by atoms with Gasteiger partial charge in [0.1, 0.15) is 13.2 Å². The van der Waals surface area contributed by atoms with E-state index in [4.69, 9.17) is 14.2 Å². The zero-order valence-corrected chi connectivity index (χ0v) is 42.3. The van der Waals surface area contributed by atoms with E-state index in [1.807, 2.05) is 6.08 Å². The molecular weight excluding hydrogens is 793 g/mol. The Morgan fingerprint density at radius 3 is 1.05 bits per heavy atom. The third kappa shape index (κ3) is 50.1. The molecule has 370 valence electrons. The van der Waals surface area contributed by atoms with Crippen molar-refractivity contribution >= 4 is 17.9 Å². The fourth-order valence-corrected chi connectivity index (χ4v) is 7.65. The van der Waals surface area contributed by atoms with E-state index in [1.54, 1.807) is 0 Å². The zero-order chi connectivity index (χ0) is 46.5. The van der Waals surface area contributed by atoms with Crippen LogP contribution in [0.1, 0.15) is 271 Å². The molecule has 0 bridgehead atoms. The molecule has 6 heteroatoms. The van der Waals surface area contributed by atoms with Crippen molar-refractivity contribution < 1.29 is 28.6 Å². The lowest BCUT2D eigenvalue weighted by molar-refractivity contribution is -0.166. The largest absolute Gasteiger partial charge is 0.462 e. The fourth-order valence-electron chi connectivity index (χ4n) is 7.65. The number of carbonyl (C=O) groups is 3. The fraction of sp³-hybridized carbons (Fsp3) is 0.776. The Bertz CT molecular complexity index is 1170. The van der Waals surface area contributed by atoms with Gasteiger partial charge in [-0.2, -0.15) is 0 Å². The molecule has 0 rings (SSSR count). The van der Waals surface area contributed by atoms with Gasteiger partial charge < -0.3 is 14.2 Å². The molecule has 0 radical (unpaired) electrons. The van der Waals surface area contributed by atoms with Gasteiger partial charge in [0.05, 0.1) is 0 Å². The van der Waals surface area contributed by atoms with Gasteiger partial charge in [-0.25, -0.2) is 0 Å². The summed E-state index contributed by atoms with van der Waals surface area (Å²) in [4.78, 5) is 38.0. The maximum atomic E-state index is 12.8. The Labute approximate surface area is 396 Å². The van der Waals surface area contributed by atoms with Crippen LogP contribution in [0, 0.1) is 0 Å². The molecule has 0 aromatic rings. The minimum atomic E-state index is -0.801. The maximum Gasteiger partial charge on any atom is 0.306 e.